The number of carboxylic acids is 1. The van der Waals surface area contributed by atoms with Crippen molar-refractivity contribution in [1.82, 2.24) is 5.32 Å². The van der Waals surface area contributed by atoms with Crippen LogP contribution in [0.15, 0.2) is 27.1 Å². The molecule has 0 aromatic heterocycles. The number of halogens is 2. The first kappa shape index (κ1) is 16.0. The van der Waals surface area contributed by atoms with Crippen LogP contribution >= 0.6 is 31.9 Å². The van der Waals surface area contributed by atoms with Gasteiger partial charge in [0.15, 0.2) is 0 Å². The van der Waals surface area contributed by atoms with Gasteiger partial charge in [0, 0.05) is 8.95 Å². The van der Waals surface area contributed by atoms with Gasteiger partial charge in [0.1, 0.15) is 6.04 Å². The molecule has 0 fully saturated rings. The number of hydrogen-bond acceptors (Lipinski definition) is 2. The minimum Gasteiger partial charge on any atom is -0.480 e. The molecule has 0 aliphatic carbocycles. The van der Waals surface area contributed by atoms with Crippen LogP contribution in [0.2, 0.25) is 0 Å². The lowest BCUT2D eigenvalue weighted by molar-refractivity contribution is -0.140. The number of carbonyl (C=O) groups is 2. The molecule has 0 radical (unpaired) electrons. The van der Waals surface area contributed by atoms with Crippen molar-refractivity contribution in [2.24, 2.45) is 5.92 Å². The summed E-state index contributed by atoms with van der Waals surface area (Å²) in [5.74, 6) is -1.25. The van der Waals surface area contributed by atoms with Gasteiger partial charge < -0.3 is 15.7 Å². The zero-order chi connectivity index (χ0) is 14.6. The number of urea groups is 1. The highest BCUT2D eigenvalue weighted by Crippen LogP contribution is 2.26. The minimum atomic E-state index is -1.06. The molecule has 0 aliphatic rings. The van der Waals surface area contributed by atoms with E-state index in [1.165, 1.54) is 0 Å². The molecule has 0 bridgehead atoms. The minimum absolute atomic E-state index is 0.198. The zero-order valence-corrected chi connectivity index (χ0v) is 13.6. The van der Waals surface area contributed by atoms with Crippen LogP contribution in [0.3, 0.4) is 0 Å². The number of rotatable bonds is 4. The molecule has 0 unspecified atom stereocenters. The van der Waals surface area contributed by atoms with Crippen LogP contribution < -0.4 is 10.6 Å². The average Bonchev–Trinajstić information content (AvgIpc) is 2.29. The van der Waals surface area contributed by atoms with E-state index >= 15 is 0 Å². The number of carbonyl (C=O) groups excluding carboxylic acids is 1. The lowest BCUT2D eigenvalue weighted by Crippen LogP contribution is -2.46. The summed E-state index contributed by atoms with van der Waals surface area (Å²) in [4.78, 5) is 22.7. The second-order valence-electron chi connectivity index (χ2n) is 4.28. The van der Waals surface area contributed by atoms with Crippen LogP contribution in [0.25, 0.3) is 0 Å². The molecule has 3 N–H and O–H groups in total. The van der Waals surface area contributed by atoms with Crippen LogP contribution in [-0.2, 0) is 4.79 Å². The Morgan fingerprint density at radius 2 is 1.89 bits per heavy atom. The molecule has 1 aromatic rings. The Morgan fingerprint density at radius 3 is 2.37 bits per heavy atom. The van der Waals surface area contributed by atoms with E-state index in [1.54, 1.807) is 32.0 Å². The molecule has 0 saturated carbocycles. The van der Waals surface area contributed by atoms with Crippen molar-refractivity contribution in [2.75, 3.05) is 5.32 Å². The summed E-state index contributed by atoms with van der Waals surface area (Å²) in [6.45, 7) is 3.46. The number of benzene rings is 1. The standard InChI is InChI=1S/C12H14Br2N2O3/c1-6(2)10(11(17)18)16-12(19)15-9-4-3-7(13)5-8(9)14/h3-6,10H,1-2H3,(H,17,18)(H2,15,16,19)/t10-/m1/s1. The van der Waals surface area contributed by atoms with E-state index in [4.69, 9.17) is 5.11 Å². The second-order valence-corrected chi connectivity index (χ2v) is 6.05. The first-order valence-electron chi connectivity index (χ1n) is 5.56. The quantitative estimate of drug-likeness (QED) is 0.733. The molecule has 1 rings (SSSR count). The van der Waals surface area contributed by atoms with E-state index < -0.39 is 18.0 Å². The Balaban J connectivity index is 2.72. The van der Waals surface area contributed by atoms with E-state index in [0.29, 0.717) is 10.2 Å². The maximum Gasteiger partial charge on any atom is 0.326 e. The summed E-state index contributed by atoms with van der Waals surface area (Å²) in [7, 11) is 0. The Hall–Kier alpha value is -1.08. The van der Waals surface area contributed by atoms with Crippen LogP contribution in [0.5, 0.6) is 0 Å². The van der Waals surface area contributed by atoms with Crippen molar-refractivity contribution in [2.45, 2.75) is 19.9 Å². The zero-order valence-electron chi connectivity index (χ0n) is 10.4. The summed E-state index contributed by atoms with van der Waals surface area (Å²) in [6.07, 6.45) is 0. The molecule has 2 amide bonds. The summed E-state index contributed by atoms with van der Waals surface area (Å²) in [6, 6.07) is 3.79. The van der Waals surface area contributed by atoms with Gasteiger partial charge in [0.05, 0.1) is 5.69 Å². The fraction of sp³-hybridized carbons (Fsp3) is 0.333. The average molecular weight is 394 g/mol. The second kappa shape index (κ2) is 6.91. The monoisotopic (exact) mass is 392 g/mol. The predicted molar refractivity (Wildman–Crippen MR) is 80.3 cm³/mol. The lowest BCUT2D eigenvalue weighted by atomic mass is 10.1. The summed E-state index contributed by atoms with van der Waals surface area (Å²) >= 11 is 6.62. The Kier molecular flexibility index (Phi) is 5.81. The molecular weight excluding hydrogens is 380 g/mol. The third-order valence-corrected chi connectivity index (χ3v) is 3.55. The number of hydrogen-bond donors (Lipinski definition) is 3. The highest BCUT2D eigenvalue weighted by atomic mass is 79.9. The number of amides is 2. The van der Waals surface area contributed by atoms with Crippen LogP contribution in [0, 0.1) is 5.92 Å². The fourth-order valence-electron chi connectivity index (χ4n) is 1.40. The number of carboxylic acid groups (broad SMARTS) is 1. The van der Waals surface area contributed by atoms with E-state index in [-0.39, 0.29) is 5.92 Å². The smallest absolute Gasteiger partial charge is 0.326 e. The molecule has 19 heavy (non-hydrogen) atoms. The van der Waals surface area contributed by atoms with Crippen LogP contribution in [0.1, 0.15) is 13.8 Å². The van der Waals surface area contributed by atoms with Crippen molar-refractivity contribution in [3.8, 4) is 0 Å². The summed E-state index contributed by atoms with van der Waals surface area (Å²) in [5.41, 5.74) is 0.564. The Labute approximate surface area is 128 Å². The largest absolute Gasteiger partial charge is 0.480 e. The molecule has 1 atom stereocenters. The summed E-state index contributed by atoms with van der Waals surface area (Å²) in [5, 5.41) is 14.0. The third-order valence-electron chi connectivity index (χ3n) is 2.40. The molecule has 0 aliphatic heterocycles. The van der Waals surface area contributed by atoms with Crippen LogP contribution in [0.4, 0.5) is 10.5 Å². The van der Waals surface area contributed by atoms with Crippen molar-refractivity contribution in [1.29, 1.82) is 0 Å². The number of anilines is 1. The molecule has 0 heterocycles. The first-order valence-corrected chi connectivity index (χ1v) is 7.15. The van der Waals surface area contributed by atoms with Crippen molar-refractivity contribution in [3.63, 3.8) is 0 Å². The van der Waals surface area contributed by atoms with Gasteiger partial charge in [-0.15, -0.1) is 0 Å². The maximum absolute atomic E-state index is 11.8. The van der Waals surface area contributed by atoms with Gasteiger partial charge in [-0.3, -0.25) is 0 Å². The topological polar surface area (TPSA) is 78.4 Å². The maximum atomic E-state index is 11.8. The molecule has 5 nitrogen and oxygen atoms in total. The molecule has 104 valence electrons. The van der Waals surface area contributed by atoms with Gasteiger partial charge in [-0.25, -0.2) is 9.59 Å². The highest BCUT2D eigenvalue weighted by Gasteiger charge is 2.23. The van der Waals surface area contributed by atoms with E-state index in [0.717, 1.165) is 4.47 Å². The Morgan fingerprint density at radius 1 is 1.26 bits per heavy atom. The molecular formula is C12H14Br2N2O3. The number of aliphatic carboxylic acids is 1. The molecule has 7 heteroatoms. The van der Waals surface area contributed by atoms with Gasteiger partial charge in [0.2, 0.25) is 0 Å². The fourth-order valence-corrected chi connectivity index (χ4v) is 2.55. The van der Waals surface area contributed by atoms with Crippen molar-refractivity contribution >= 4 is 49.5 Å². The number of nitrogens with one attached hydrogen (secondary N) is 2. The lowest BCUT2D eigenvalue weighted by Gasteiger charge is -2.18. The van der Waals surface area contributed by atoms with Gasteiger partial charge >= 0.3 is 12.0 Å². The van der Waals surface area contributed by atoms with Gasteiger partial charge in [-0.05, 0) is 40.0 Å². The van der Waals surface area contributed by atoms with Crippen molar-refractivity contribution < 1.29 is 14.7 Å². The van der Waals surface area contributed by atoms with Crippen LogP contribution in [-0.4, -0.2) is 23.1 Å². The van der Waals surface area contributed by atoms with Crippen molar-refractivity contribution in [3.05, 3.63) is 27.1 Å². The molecule has 0 spiro atoms. The third kappa shape index (κ3) is 4.83. The van der Waals surface area contributed by atoms with E-state index in [9.17, 15) is 9.59 Å². The van der Waals surface area contributed by atoms with E-state index in [1.807, 2.05) is 0 Å². The van der Waals surface area contributed by atoms with Gasteiger partial charge in [-0.2, -0.15) is 0 Å². The SMILES string of the molecule is CC(C)[C@@H](NC(=O)Nc1ccc(Br)cc1Br)C(=O)O. The van der Waals surface area contributed by atoms with Gasteiger partial charge in [-0.1, -0.05) is 29.8 Å². The van der Waals surface area contributed by atoms with Gasteiger partial charge in [0.25, 0.3) is 0 Å². The highest BCUT2D eigenvalue weighted by molar-refractivity contribution is 9.11. The molecule has 0 saturated heterocycles. The first-order chi connectivity index (χ1) is 8.81. The normalized spacial score (nSPS) is 12.1. The molecule has 1 aromatic carbocycles. The predicted octanol–water partition coefficient (Wildman–Crippen LogP) is 3.44. The van der Waals surface area contributed by atoms with E-state index in [2.05, 4.69) is 42.5 Å². The summed E-state index contributed by atoms with van der Waals surface area (Å²) < 4.78 is 1.57. The Bertz CT molecular complexity index is 492.